The molecule has 0 saturated heterocycles. The van der Waals surface area contributed by atoms with Crippen LogP contribution in [0.1, 0.15) is 0 Å². The molecule has 0 bridgehead atoms. The van der Waals surface area contributed by atoms with Crippen LogP contribution in [-0.2, 0) is 0 Å². The quantitative estimate of drug-likeness (QED) is 0.592. The molecule has 4 heteroatoms. The van der Waals surface area contributed by atoms with Crippen molar-refractivity contribution < 1.29 is 4.39 Å². The van der Waals surface area contributed by atoms with E-state index >= 15 is 0 Å². The Hall–Kier alpha value is -2.10. The van der Waals surface area contributed by atoms with Crippen LogP contribution in [-0.4, -0.2) is 14.3 Å². The number of nitrogens with zero attached hydrogens (tertiary/aromatic N) is 3. The summed E-state index contributed by atoms with van der Waals surface area (Å²) in [6, 6.07) is 8.37. The van der Waals surface area contributed by atoms with Crippen molar-refractivity contribution >= 4 is 11.0 Å². The highest BCUT2D eigenvalue weighted by atomic mass is 19.1. The lowest BCUT2D eigenvalue weighted by molar-refractivity contribution is 0.625. The highest BCUT2D eigenvalue weighted by Gasteiger charge is 2.03. The normalized spacial score (nSPS) is 11.0. The van der Waals surface area contributed by atoms with Gasteiger partial charge in [0, 0.05) is 18.5 Å². The second kappa shape index (κ2) is 2.95. The molecule has 74 valence electrons. The monoisotopic (exact) mass is 201 g/mol. The molecule has 0 N–H and O–H groups in total. The molecule has 0 fully saturated rings. The van der Waals surface area contributed by atoms with Crippen LogP contribution in [0.25, 0.3) is 11.0 Å². The third-order valence-corrected chi connectivity index (χ3v) is 2.33. The molecule has 0 aliphatic heterocycles. The van der Waals surface area contributed by atoms with Crippen molar-refractivity contribution in [1.82, 2.24) is 14.3 Å². The Kier molecular flexibility index (Phi) is 1.62. The largest absolute Gasteiger partial charge is 0.263 e. The first kappa shape index (κ1) is 8.23. The summed E-state index contributed by atoms with van der Waals surface area (Å²) >= 11 is 0. The zero-order valence-corrected chi connectivity index (χ0v) is 7.84. The zero-order valence-electron chi connectivity index (χ0n) is 7.84. The smallest absolute Gasteiger partial charge is 0.125 e. The van der Waals surface area contributed by atoms with E-state index in [0.29, 0.717) is 0 Å². The summed E-state index contributed by atoms with van der Waals surface area (Å²) in [5, 5.41) is 0. The van der Waals surface area contributed by atoms with Gasteiger partial charge in [0.15, 0.2) is 0 Å². The van der Waals surface area contributed by atoms with Crippen LogP contribution in [0.15, 0.2) is 49.1 Å². The fourth-order valence-corrected chi connectivity index (χ4v) is 1.62. The average molecular weight is 201 g/mol. The predicted octanol–water partition coefficient (Wildman–Crippen LogP) is 2.29. The SMILES string of the molecule is Fc1ccc2ncn(-n3cccc3)c2c1. The van der Waals surface area contributed by atoms with Crippen molar-refractivity contribution in [3.05, 3.63) is 54.9 Å². The fraction of sp³-hybridized carbons (Fsp3) is 0. The lowest BCUT2D eigenvalue weighted by Gasteiger charge is -2.04. The number of aromatic nitrogens is 3. The minimum absolute atomic E-state index is 0.253. The van der Waals surface area contributed by atoms with E-state index in [2.05, 4.69) is 4.98 Å². The number of hydrogen-bond acceptors (Lipinski definition) is 1. The summed E-state index contributed by atoms with van der Waals surface area (Å²) in [5.41, 5.74) is 1.54. The van der Waals surface area contributed by atoms with Gasteiger partial charge < -0.3 is 0 Å². The number of imidazole rings is 1. The van der Waals surface area contributed by atoms with Gasteiger partial charge in [0.05, 0.1) is 11.0 Å². The van der Waals surface area contributed by atoms with Crippen molar-refractivity contribution in [2.24, 2.45) is 0 Å². The number of hydrogen-bond donors (Lipinski definition) is 0. The molecule has 0 aliphatic carbocycles. The first-order chi connectivity index (χ1) is 7.34. The summed E-state index contributed by atoms with van der Waals surface area (Å²) < 4.78 is 16.7. The molecule has 0 unspecified atom stereocenters. The Morgan fingerprint density at radius 1 is 1.13 bits per heavy atom. The van der Waals surface area contributed by atoms with Gasteiger partial charge in [0.1, 0.15) is 12.1 Å². The maximum absolute atomic E-state index is 13.1. The van der Waals surface area contributed by atoms with Gasteiger partial charge in [-0.25, -0.2) is 14.1 Å². The molecule has 15 heavy (non-hydrogen) atoms. The van der Waals surface area contributed by atoms with Crippen LogP contribution in [0.5, 0.6) is 0 Å². The Balaban J connectivity index is 2.32. The van der Waals surface area contributed by atoms with Crippen molar-refractivity contribution in [3.63, 3.8) is 0 Å². The molecule has 0 amide bonds. The first-order valence-corrected chi connectivity index (χ1v) is 4.61. The molecule has 0 atom stereocenters. The average Bonchev–Trinajstić information content (AvgIpc) is 2.83. The zero-order chi connectivity index (χ0) is 10.3. The van der Waals surface area contributed by atoms with Crippen LogP contribution < -0.4 is 0 Å². The van der Waals surface area contributed by atoms with Gasteiger partial charge >= 0.3 is 0 Å². The number of rotatable bonds is 1. The van der Waals surface area contributed by atoms with Gasteiger partial charge in [-0.15, -0.1) is 0 Å². The molecule has 2 heterocycles. The van der Waals surface area contributed by atoms with Crippen molar-refractivity contribution in [1.29, 1.82) is 0 Å². The summed E-state index contributed by atoms with van der Waals surface area (Å²) in [4.78, 5) is 4.19. The van der Waals surface area contributed by atoms with Crippen LogP contribution in [0.3, 0.4) is 0 Å². The minimum atomic E-state index is -0.253. The molecular weight excluding hydrogens is 193 g/mol. The second-order valence-electron chi connectivity index (χ2n) is 3.29. The lowest BCUT2D eigenvalue weighted by Crippen LogP contribution is -2.03. The lowest BCUT2D eigenvalue weighted by atomic mass is 10.3. The molecule has 3 aromatic rings. The summed E-state index contributed by atoms with van der Waals surface area (Å²) in [6.07, 6.45) is 5.43. The van der Waals surface area contributed by atoms with E-state index < -0.39 is 0 Å². The van der Waals surface area contributed by atoms with Gasteiger partial charge in [0.2, 0.25) is 0 Å². The maximum atomic E-state index is 13.1. The van der Waals surface area contributed by atoms with Crippen LogP contribution in [0, 0.1) is 5.82 Å². The third kappa shape index (κ3) is 1.22. The molecule has 3 nitrogen and oxygen atoms in total. The topological polar surface area (TPSA) is 22.8 Å². The van der Waals surface area contributed by atoms with E-state index in [1.807, 2.05) is 29.2 Å². The fourth-order valence-electron chi connectivity index (χ4n) is 1.62. The molecular formula is C11H8FN3. The number of fused-ring (bicyclic) bond motifs is 1. The Bertz CT molecular complexity index is 595. The highest BCUT2D eigenvalue weighted by Crippen LogP contribution is 2.14. The summed E-state index contributed by atoms with van der Waals surface area (Å²) in [6.45, 7) is 0. The van der Waals surface area contributed by atoms with Gasteiger partial charge in [-0.2, -0.15) is 0 Å². The van der Waals surface area contributed by atoms with Crippen molar-refractivity contribution in [3.8, 4) is 0 Å². The molecule has 0 saturated carbocycles. The van der Waals surface area contributed by atoms with E-state index in [9.17, 15) is 4.39 Å². The number of halogens is 1. The Labute approximate surface area is 85.4 Å². The molecule has 2 aromatic heterocycles. The highest BCUT2D eigenvalue weighted by molar-refractivity contribution is 5.75. The molecule has 0 aliphatic rings. The summed E-state index contributed by atoms with van der Waals surface area (Å²) in [7, 11) is 0. The van der Waals surface area contributed by atoms with E-state index in [1.54, 1.807) is 17.1 Å². The van der Waals surface area contributed by atoms with Crippen molar-refractivity contribution in [2.75, 3.05) is 0 Å². The van der Waals surface area contributed by atoms with Gasteiger partial charge in [0.25, 0.3) is 0 Å². The summed E-state index contributed by atoms with van der Waals surface area (Å²) in [5.74, 6) is -0.253. The van der Waals surface area contributed by atoms with Crippen LogP contribution in [0.4, 0.5) is 4.39 Å². The Morgan fingerprint density at radius 2 is 1.93 bits per heavy atom. The van der Waals surface area contributed by atoms with E-state index in [4.69, 9.17) is 0 Å². The van der Waals surface area contributed by atoms with Crippen LogP contribution >= 0.6 is 0 Å². The molecule has 0 radical (unpaired) electrons. The van der Waals surface area contributed by atoms with Gasteiger partial charge in [-0.1, -0.05) is 0 Å². The minimum Gasteiger partial charge on any atom is -0.263 e. The molecule has 0 spiro atoms. The third-order valence-electron chi connectivity index (χ3n) is 2.33. The van der Waals surface area contributed by atoms with E-state index in [0.717, 1.165) is 11.0 Å². The van der Waals surface area contributed by atoms with E-state index in [1.165, 1.54) is 12.1 Å². The van der Waals surface area contributed by atoms with E-state index in [-0.39, 0.29) is 5.82 Å². The van der Waals surface area contributed by atoms with Crippen LogP contribution in [0.2, 0.25) is 0 Å². The van der Waals surface area contributed by atoms with Gasteiger partial charge in [-0.3, -0.25) is 4.68 Å². The number of benzene rings is 1. The second-order valence-corrected chi connectivity index (χ2v) is 3.29. The molecule has 3 rings (SSSR count). The maximum Gasteiger partial charge on any atom is 0.125 e. The predicted molar refractivity (Wildman–Crippen MR) is 54.9 cm³/mol. The van der Waals surface area contributed by atoms with Gasteiger partial charge in [-0.05, 0) is 24.3 Å². The first-order valence-electron chi connectivity index (χ1n) is 4.61. The Morgan fingerprint density at radius 3 is 2.73 bits per heavy atom. The van der Waals surface area contributed by atoms with Crippen molar-refractivity contribution in [2.45, 2.75) is 0 Å². The molecule has 1 aromatic carbocycles. The standard InChI is InChI=1S/C11H8FN3/c12-9-3-4-10-11(7-9)15(8-13-10)14-5-1-2-6-14/h1-8H.